The first-order valence-electron chi connectivity index (χ1n) is 10.0. The molecule has 1 amide bonds. The molecule has 0 unspecified atom stereocenters. The Morgan fingerprint density at radius 1 is 1.20 bits per heavy atom. The van der Waals surface area contributed by atoms with Crippen LogP contribution in [0.2, 0.25) is 0 Å². The number of amides is 1. The van der Waals surface area contributed by atoms with Crippen molar-refractivity contribution in [2.45, 2.75) is 70.6 Å². The summed E-state index contributed by atoms with van der Waals surface area (Å²) in [6.07, 6.45) is 8.81. The largest absolute Gasteiger partial charge is 0.380 e. The lowest BCUT2D eigenvalue weighted by Gasteiger charge is -2.40. The number of hydrogen-bond donors (Lipinski definition) is 1. The Kier molecular flexibility index (Phi) is 6.91. The summed E-state index contributed by atoms with van der Waals surface area (Å²) in [6.45, 7) is 8.17. The van der Waals surface area contributed by atoms with Crippen molar-refractivity contribution in [1.29, 1.82) is 0 Å². The van der Waals surface area contributed by atoms with E-state index in [0.717, 1.165) is 58.4 Å². The molecule has 3 fully saturated rings. The van der Waals surface area contributed by atoms with E-state index in [0.29, 0.717) is 24.5 Å². The van der Waals surface area contributed by atoms with Gasteiger partial charge in [0.1, 0.15) is 0 Å². The Morgan fingerprint density at radius 2 is 1.96 bits per heavy atom. The van der Waals surface area contributed by atoms with Gasteiger partial charge >= 0.3 is 0 Å². The highest BCUT2D eigenvalue weighted by Crippen LogP contribution is 2.29. The van der Waals surface area contributed by atoms with Gasteiger partial charge in [0.15, 0.2) is 0 Å². The van der Waals surface area contributed by atoms with Crippen LogP contribution in [0.3, 0.4) is 0 Å². The standard InChI is InChI=1S/C20H34N2O3/c1-15(2)8-13-25-19-9-12-24-14-18(19)21-17-6-10-22(11-7-17)20(23)16-4-3-5-16/h8,16-19,21H,3-7,9-14H2,1-2H3/t18-,19+/m1/s1. The molecule has 142 valence electrons. The van der Waals surface area contributed by atoms with Gasteiger partial charge in [0.05, 0.1) is 25.4 Å². The zero-order valence-electron chi connectivity index (χ0n) is 15.8. The van der Waals surface area contributed by atoms with E-state index in [1.807, 2.05) is 0 Å². The van der Waals surface area contributed by atoms with Crippen molar-refractivity contribution in [3.8, 4) is 0 Å². The van der Waals surface area contributed by atoms with Gasteiger partial charge in [-0.2, -0.15) is 0 Å². The lowest BCUT2D eigenvalue weighted by atomic mass is 9.84. The molecule has 5 nitrogen and oxygen atoms in total. The number of carbonyl (C=O) groups excluding carboxylic acids is 1. The van der Waals surface area contributed by atoms with Crippen LogP contribution in [0.1, 0.15) is 52.4 Å². The Bertz CT molecular complexity index is 464. The summed E-state index contributed by atoms with van der Waals surface area (Å²) < 4.78 is 11.7. The monoisotopic (exact) mass is 350 g/mol. The summed E-state index contributed by atoms with van der Waals surface area (Å²) in [5, 5.41) is 3.75. The molecular formula is C20H34N2O3. The van der Waals surface area contributed by atoms with E-state index in [1.54, 1.807) is 0 Å². The van der Waals surface area contributed by atoms with Crippen LogP contribution >= 0.6 is 0 Å². The van der Waals surface area contributed by atoms with Crippen LogP contribution in [-0.4, -0.2) is 61.9 Å². The third kappa shape index (κ3) is 5.28. The molecule has 0 aromatic carbocycles. The minimum Gasteiger partial charge on any atom is -0.380 e. The van der Waals surface area contributed by atoms with Gasteiger partial charge in [0, 0.05) is 31.7 Å². The molecule has 3 rings (SSSR count). The van der Waals surface area contributed by atoms with Crippen molar-refractivity contribution in [2.75, 3.05) is 32.9 Å². The van der Waals surface area contributed by atoms with Crippen LogP contribution < -0.4 is 5.32 Å². The number of allylic oxidation sites excluding steroid dienone is 1. The molecule has 1 saturated carbocycles. The molecular weight excluding hydrogens is 316 g/mol. The first kappa shape index (κ1) is 18.9. The number of piperidine rings is 1. The van der Waals surface area contributed by atoms with Crippen molar-refractivity contribution < 1.29 is 14.3 Å². The Morgan fingerprint density at radius 3 is 2.60 bits per heavy atom. The summed E-state index contributed by atoms with van der Waals surface area (Å²) in [7, 11) is 0. The molecule has 1 N–H and O–H groups in total. The van der Waals surface area contributed by atoms with Gasteiger partial charge in [0.2, 0.25) is 5.91 Å². The SMILES string of the molecule is CC(C)=CCO[C@H]1CCOC[C@H]1NC1CCN(C(=O)C2CCC2)CC1. The van der Waals surface area contributed by atoms with Crippen molar-refractivity contribution in [3.63, 3.8) is 0 Å². The van der Waals surface area contributed by atoms with E-state index >= 15 is 0 Å². The number of likely N-dealkylation sites (tertiary alicyclic amines) is 1. The van der Waals surface area contributed by atoms with Crippen LogP contribution in [0, 0.1) is 5.92 Å². The average molecular weight is 351 g/mol. The van der Waals surface area contributed by atoms with Gasteiger partial charge in [-0.1, -0.05) is 18.1 Å². The first-order valence-corrected chi connectivity index (χ1v) is 10.0. The van der Waals surface area contributed by atoms with Gasteiger partial charge < -0.3 is 19.7 Å². The van der Waals surface area contributed by atoms with E-state index in [4.69, 9.17) is 9.47 Å². The highest BCUT2D eigenvalue weighted by molar-refractivity contribution is 5.79. The fourth-order valence-corrected chi connectivity index (χ4v) is 3.89. The molecule has 2 heterocycles. The summed E-state index contributed by atoms with van der Waals surface area (Å²) in [4.78, 5) is 14.4. The molecule has 0 radical (unpaired) electrons. The Labute approximate surface area is 152 Å². The van der Waals surface area contributed by atoms with Crippen molar-refractivity contribution in [3.05, 3.63) is 11.6 Å². The van der Waals surface area contributed by atoms with Crippen LogP contribution in [0.5, 0.6) is 0 Å². The summed E-state index contributed by atoms with van der Waals surface area (Å²) in [6, 6.07) is 0.727. The smallest absolute Gasteiger partial charge is 0.225 e. The molecule has 2 atom stereocenters. The van der Waals surface area contributed by atoms with Crippen LogP contribution in [0.25, 0.3) is 0 Å². The van der Waals surface area contributed by atoms with Gasteiger partial charge in [0.25, 0.3) is 0 Å². The van der Waals surface area contributed by atoms with Crippen molar-refractivity contribution >= 4 is 5.91 Å². The molecule has 0 aromatic rings. The minimum absolute atomic E-state index is 0.221. The molecule has 1 aliphatic carbocycles. The summed E-state index contributed by atoms with van der Waals surface area (Å²) >= 11 is 0. The zero-order chi connectivity index (χ0) is 17.6. The minimum atomic E-state index is 0.221. The normalized spacial score (nSPS) is 28.5. The lowest BCUT2D eigenvalue weighted by molar-refractivity contribution is -0.139. The summed E-state index contributed by atoms with van der Waals surface area (Å²) in [5.74, 6) is 0.720. The number of carbonyl (C=O) groups is 1. The van der Waals surface area contributed by atoms with E-state index in [9.17, 15) is 4.79 Å². The predicted molar refractivity (Wildman–Crippen MR) is 98.5 cm³/mol. The second-order valence-corrected chi connectivity index (χ2v) is 8.02. The van der Waals surface area contributed by atoms with Gasteiger partial charge in [-0.25, -0.2) is 0 Å². The maximum absolute atomic E-state index is 12.4. The zero-order valence-corrected chi connectivity index (χ0v) is 15.8. The Hall–Kier alpha value is -0.910. The molecule has 0 aromatic heterocycles. The van der Waals surface area contributed by atoms with E-state index in [-0.39, 0.29) is 12.1 Å². The van der Waals surface area contributed by atoms with Crippen molar-refractivity contribution in [1.82, 2.24) is 10.2 Å². The lowest BCUT2D eigenvalue weighted by Crippen LogP contribution is -2.55. The maximum Gasteiger partial charge on any atom is 0.225 e. The fourth-order valence-electron chi connectivity index (χ4n) is 3.89. The predicted octanol–water partition coefficient (Wildman–Crippen LogP) is 2.51. The topological polar surface area (TPSA) is 50.8 Å². The number of ether oxygens (including phenoxy) is 2. The van der Waals surface area contributed by atoms with E-state index in [2.05, 4.69) is 30.1 Å². The molecule has 5 heteroatoms. The molecule has 2 aliphatic heterocycles. The van der Waals surface area contributed by atoms with Crippen LogP contribution in [-0.2, 0) is 14.3 Å². The molecule has 3 aliphatic rings. The second kappa shape index (κ2) is 9.15. The van der Waals surface area contributed by atoms with E-state index < -0.39 is 0 Å². The third-order valence-corrected chi connectivity index (χ3v) is 5.81. The van der Waals surface area contributed by atoms with Crippen LogP contribution in [0.4, 0.5) is 0 Å². The highest BCUT2D eigenvalue weighted by Gasteiger charge is 2.33. The first-order chi connectivity index (χ1) is 12.1. The molecule has 2 saturated heterocycles. The van der Waals surface area contributed by atoms with Crippen LogP contribution in [0.15, 0.2) is 11.6 Å². The fraction of sp³-hybridized carbons (Fsp3) is 0.850. The average Bonchev–Trinajstić information content (AvgIpc) is 2.55. The number of hydrogen-bond acceptors (Lipinski definition) is 4. The number of nitrogens with zero attached hydrogens (tertiary/aromatic N) is 1. The number of rotatable bonds is 6. The molecule has 0 spiro atoms. The second-order valence-electron chi connectivity index (χ2n) is 8.02. The molecule has 0 bridgehead atoms. The third-order valence-electron chi connectivity index (χ3n) is 5.81. The quantitative estimate of drug-likeness (QED) is 0.748. The number of nitrogens with one attached hydrogen (secondary N) is 1. The summed E-state index contributed by atoms with van der Waals surface area (Å²) in [5.41, 5.74) is 1.29. The van der Waals surface area contributed by atoms with Gasteiger partial charge in [-0.3, -0.25) is 4.79 Å². The highest BCUT2D eigenvalue weighted by atomic mass is 16.5. The molecule has 25 heavy (non-hydrogen) atoms. The van der Waals surface area contributed by atoms with Crippen molar-refractivity contribution in [2.24, 2.45) is 5.92 Å². The Balaban J connectivity index is 1.43. The van der Waals surface area contributed by atoms with E-state index in [1.165, 1.54) is 12.0 Å². The maximum atomic E-state index is 12.4. The van der Waals surface area contributed by atoms with Gasteiger partial charge in [-0.15, -0.1) is 0 Å². The van der Waals surface area contributed by atoms with Gasteiger partial charge in [-0.05, 0) is 46.0 Å².